The van der Waals surface area contributed by atoms with Gasteiger partial charge in [-0.1, -0.05) is 48.9 Å². The summed E-state index contributed by atoms with van der Waals surface area (Å²) >= 11 is 0. The van der Waals surface area contributed by atoms with Crippen LogP contribution < -0.4 is 0 Å². The van der Waals surface area contributed by atoms with Crippen molar-refractivity contribution < 1.29 is 17.9 Å². The van der Waals surface area contributed by atoms with E-state index in [1.54, 1.807) is 16.4 Å². The Kier molecular flexibility index (Phi) is 5.87. The Labute approximate surface area is 199 Å². The Bertz CT molecular complexity index is 1070. The van der Waals surface area contributed by atoms with Crippen LogP contribution in [0.2, 0.25) is 18.6 Å². The highest BCUT2D eigenvalue weighted by Crippen LogP contribution is 2.58. The van der Waals surface area contributed by atoms with E-state index in [0.29, 0.717) is 23.4 Å². The number of fused-ring (bicyclic) bond motifs is 4. The molecule has 5 rings (SSSR count). The normalized spacial score (nSPS) is 34.1. The average molecular weight is 489 g/mol. The number of hydrogen-bond acceptors (Lipinski definition) is 5. The number of benzene rings is 1. The monoisotopic (exact) mass is 488 g/mol. The molecular weight excluding hydrogens is 452 g/mol. The fourth-order valence-electron chi connectivity index (χ4n) is 7.34. The third-order valence-electron chi connectivity index (χ3n) is 8.73. The molecule has 3 aliphatic heterocycles. The smallest absolute Gasteiger partial charge is 0.310 e. The zero-order valence-corrected chi connectivity index (χ0v) is 22.0. The molecule has 8 heteroatoms. The Hall–Kier alpha value is -1.48. The molecule has 1 aromatic rings. The second kappa shape index (κ2) is 8.32. The first-order chi connectivity index (χ1) is 15.7. The first-order valence-corrected chi connectivity index (χ1v) is 16.8. The minimum Gasteiger partial charge on any atom is -0.469 e. The SMILES string of the molecule is COC(=O)[C@H]1[C@H]2[C@H](C=C3CCCN(S(=O)(=O)c4ccc(C)cc4)[C@H]31)[C@H]1CCCCN1[Si]2(C)C. The van der Waals surface area contributed by atoms with Gasteiger partial charge in [0.1, 0.15) is 8.24 Å². The molecule has 0 unspecified atom stereocenters. The molecule has 0 saturated carbocycles. The van der Waals surface area contributed by atoms with E-state index in [1.165, 1.54) is 26.4 Å². The summed E-state index contributed by atoms with van der Waals surface area (Å²) in [5.74, 6) is -0.357. The summed E-state index contributed by atoms with van der Waals surface area (Å²) in [6.45, 7) is 8.26. The second-order valence-electron chi connectivity index (χ2n) is 10.8. The highest BCUT2D eigenvalue weighted by atomic mass is 32.2. The molecule has 3 saturated heterocycles. The third kappa shape index (κ3) is 3.56. The van der Waals surface area contributed by atoms with Gasteiger partial charge in [0, 0.05) is 12.6 Å². The molecule has 0 amide bonds. The number of nitrogens with zero attached hydrogens (tertiary/aromatic N) is 2. The van der Waals surface area contributed by atoms with Gasteiger partial charge in [0.2, 0.25) is 10.0 Å². The molecule has 3 fully saturated rings. The van der Waals surface area contributed by atoms with Gasteiger partial charge < -0.3 is 9.30 Å². The van der Waals surface area contributed by atoms with Gasteiger partial charge in [0.25, 0.3) is 0 Å². The first-order valence-electron chi connectivity index (χ1n) is 12.3. The maximum atomic E-state index is 13.9. The van der Waals surface area contributed by atoms with E-state index in [4.69, 9.17) is 4.74 Å². The van der Waals surface area contributed by atoms with Crippen molar-refractivity contribution >= 4 is 24.2 Å². The third-order valence-corrected chi connectivity index (χ3v) is 15.0. The number of methoxy groups -OCH3 is 1. The number of hydrogen-bond donors (Lipinski definition) is 0. The molecule has 4 aliphatic rings. The fraction of sp³-hybridized carbons (Fsp3) is 0.640. The molecule has 0 N–H and O–H groups in total. The molecule has 0 spiro atoms. The lowest BCUT2D eigenvalue weighted by Gasteiger charge is -2.48. The summed E-state index contributed by atoms with van der Waals surface area (Å²) in [5, 5.41) is 0. The van der Waals surface area contributed by atoms with Crippen molar-refractivity contribution in [3.63, 3.8) is 0 Å². The summed E-state index contributed by atoms with van der Waals surface area (Å²) in [6.07, 6.45) is 7.66. The molecule has 0 radical (unpaired) electrons. The van der Waals surface area contributed by atoms with E-state index in [9.17, 15) is 13.2 Å². The summed E-state index contributed by atoms with van der Waals surface area (Å²) < 4.78 is 37.5. The van der Waals surface area contributed by atoms with Crippen LogP contribution in [0.1, 0.15) is 37.7 Å². The topological polar surface area (TPSA) is 66.9 Å². The van der Waals surface area contributed by atoms with Crippen LogP contribution in [-0.2, 0) is 19.6 Å². The minimum absolute atomic E-state index is 0.163. The lowest BCUT2D eigenvalue weighted by molar-refractivity contribution is -0.147. The highest BCUT2D eigenvalue weighted by molar-refractivity contribution is 7.89. The quantitative estimate of drug-likeness (QED) is 0.366. The Balaban J connectivity index is 1.63. The number of ether oxygens (including phenoxy) is 1. The van der Waals surface area contributed by atoms with Crippen LogP contribution in [0.15, 0.2) is 40.8 Å². The van der Waals surface area contributed by atoms with E-state index < -0.39 is 30.2 Å². The number of aryl methyl sites for hydroxylation is 1. The molecule has 3 heterocycles. The standard InChI is InChI=1S/C25H36N2O4SSi/c1-17-10-12-19(13-11-17)32(29,30)26-14-7-8-18-16-20-21-9-5-6-15-27(21)33(3,4)24(20)22(23(18)26)25(28)31-2/h10-13,16,20-24H,5-9,14-15H2,1-4H3/t20-,21-,22-,23-,24-/m1/s1. The molecular formula is C25H36N2O4SSi. The van der Waals surface area contributed by atoms with Gasteiger partial charge in [-0.15, -0.1) is 0 Å². The predicted molar refractivity (Wildman–Crippen MR) is 131 cm³/mol. The van der Waals surface area contributed by atoms with Gasteiger partial charge in [-0.3, -0.25) is 4.79 Å². The van der Waals surface area contributed by atoms with Crippen molar-refractivity contribution in [2.24, 2.45) is 11.8 Å². The van der Waals surface area contributed by atoms with Crippen LogP contribution in [-0.4, -0.2) is 63.8 Å². The van der Waals surface area contributed by atoms with Crippen molar-refractivity contribution in [2.45, 2.75) is 74.6 Å². The van der Waals surface area contributed by atoms with Crippen molar-refractivity contribution in [2.75, 3.05) is 20.2 Å². The Morgan fingerprint density at radius 3 is 2.52 bits per heavy atom. The summed E-state index contributed by atoms with van der Waals surface area (Å²) in [7, 11) is -4.27. The molecule has 180 valence electrons. The first kappa shape index (κ1) is 23.3. The molecule has 6 nitrogen and oxygen atoms in total. The summed E-state index contributed by atoms with van der Waals surface area (Å²) in [4.78, 5) is 13.8. The fourth-order valence-corrected chi connectivity index (χ4v) is 13.8. The van der Waals surface area contributed by atoms with Crippen molar-refractivity contribution in [1.29, 1.82) is 0 Å². The highest BCUT2D eigenvalue weighted by Gasteiger charge is 2.63. The van der Waals surface area contributed by atoms with Gasteiger partial charge in [-0.25, -0.2) is 8.42 Å². The lowest BCUT2D eigenvalue weighted by Crippen LogP contribution is -2.58. The zero-order chi connectivity index (χ0) is 23.5. The Morgan fingerprint density at radius 2 is 1.82 bits per heavy atom. The van der Waals surface area contributed by atoms with Crippen molar-refractivity contribution in [3.8, 4) is 0 Å². The number of piperidine rings is 2. The number of sulfonamides is 1. The summed E-state index contributed by atoms with van der Waals surface area (Å²) in [5.41, 5.74) is 2.32. The maximum Gasteiger partial charge on any atom is 0.310 e. The van der Waals surface area contributed by atoms with Crippen LogP contribution in [0.25, 0.3) is 0 Å². The maximum absolute atomic E-state index is 13.9. The number of rotatable bonds is 3. The van der Waals surface area contributed by atoms with Crippen LogP contribution in [0, 0.1) is 18.8 Å². The van der Waals surface area contributed by atoms with Crippen LogP contribution >= 0.6 is 0 Å². The van der Waals surface area contributed by atoms with Crippen molar-refractivity contribution in [3.05, 3.63) is 41.5 Å². The molecule has 0 aromatic heterocycles. The minimum atomic E-state index is -3.73. The molecule has 1 aromatic carbocycles. The van der Waals surface area contributed by atoms with Crippen LogP contribution in [0.4, 0.5) is 0 Å². The van der Waals surface area contributed by atoms with Gasteiger partial charge in [-0.2, -0.15) is 4.31 Å². The second-order valence-corrected chi connectivity index (χ2v) is 17.2. The number of carbonyl (C=O) groups is 1. The van der Waals surface area contributed by atoms with E-state index >= 15 is 0 Å². The Morgan fingerprint density at radius 1 is 1.09 bits per heavy atom. The summed E-state index contributed by atoms with van der Waals surface area (Å²) in [6, 6.07) is 7.11. The van der Waals surface area contributed by atoms with Gasteiger partial charge >= 0.3 is 5.97 Å². The van der Waals surface area contributed by atoms with E-state index in [0.717, 1.165) is 30.5 Å². The van der Waals surface area contributed by atoms with Gasteiger partial charge in [-0.05, 0) is 62.7 Å². The predicted octanol–water partition coefficient (Wildman–Crippen LogP) is 3.94. The molecule has 0 bridgehead atoms. The lowest BCUT2D eigenvalue weighted by atomic mass is 9.72. The van der Waals surface area contributed by atoms with Gasteiger partial charge in [0.05, 0.1) is 24.0 Å². The van der Waals surface area contributed by atoms with E-state index in [2.05, 4.69) is 23.7 Å². The van der Waals surface area contributed by atoms with Crippen LogP contribution in [0.5, 0.6) is 0 Å². The van der Waals surface area contributed by atoms with Crippen LogP contribution in [0.3, 0.4) is 0 Å². The molecule has 5 atom stereocenters. The zero-order valence-electron chi connectivity index (χ0n) is 20.2. The average Bonchev–Trinajstić information content (AvgIpc) is 3.04. The van der Waals surface area contributed by atoms with Crippen molar-refractivity contribution in [1.82, 2.24) is 8.87 Å². The molecule has 33 heavy (non-hydrogen) atoms. The number of carbonyl (C=O) groups excluding carboxylic acids is 1. The van der Waals surface area contributed by atoms with E-state index in [-0.39, 0.29) is 11.5 Å². The van der Waals surface area contributed by atoms with Gasteiger partial charge in [0.15, 0.2) is 0 Å². The molecule has 1 aliphatic carbocycles. The largest absolute Gasteiger partial charge is 0.469 e. The number of esters is 1. The van der Waals surface area contributed by atoms with E-state index in [1.807, 2.05) is 19.1 Å².